The van der Waals surface area contributed by atoms with Crippen LogP contribution < -0.4 is 21.3 Å². The number of nitrogens with one attached hydrogen (secondary N) is 2. The number of nitrogens with two attached hydrogens (primary N) is 1. The summed E-state index contributed by atoms with van der Waals surface area (Å²) < 4.78 is 52.1. The Labute approximate surface area is 167 Å². The molecule has 0 aromatic carbocycles. The van der Waals surface area contributed by atoms with Gasteiger partial charge in [0.2, 0.25) is 0 Å². The summed E-state index contributed by atoms with van der Waals surface area (Å²) in [5.41, 5.74) is 6.54. The molecule has 2 fully saturated rings. The van der Waals surface area contributed by atoms with Crippen molar-refractivity contribution >= 4 is 23.2 Å². The molecule has 0 spiro atoms. The normalized spacial score (nSPS) is 23.7. The van der Waals surface area contributed by atoms with Gasteiger partial charge in [-0.1, -0.05) is 0 Å². The SMILES string of the molecule is CNc1nc(N2CCC(F)CC2)c(C(=O)N[C@H]2CC[C@H](C(F)(F)F)CC2)cc1N. The molecule has 6 nitrogen and oxygen atoms in total. The van der Waals surface area contributed by atoms with Crippen molar-refractivity contribution in [1.29, 1.82) is 0 Å². The number of anilines is 3. The molecule has 2 aliphatic rings. The first-order chi connectivity index (χ1) is 13.7. The van der Waals surface area contributed by atoms with Gasteiger partial charge in [-0.2, -0.15) is 13.2 Å². The van der Waals surface area contributed by atoms with Crippen LogP contribution in [-0.2, 0) is 0 Å². The molecular formula is C19H27F4N5O. The fourth-order valence-electron chi connectivity index (χ4n) is 4.02. The number of hydrogen-bond donors (Lipinski definition) is 3. The first-order valence-corrected chi connectivity index (χ1v) is 9.94. The second-order valence-electron chi connectivity index (χ2n) is 7.77. The Morgan fingerprint density at radius 2 is 1.79 bits per heavy atom. The van der Waals surface area contributed by atoms with Crippen molar-refractivity contribution in [3.63, 3.8) is 0 Å². The van der Waals surface area contributed by atoms with Gasteiger partial charge in [0.25, 0.3) is 5.91 Å². The smallest absolute Gasteiger partial charge is 0.391 e. The number of rotatable bonds is 4. The highest BCUT2D eigenvalue weighted by atomic mass is 19.4. The zero-order chi connectivity index (χ0) is 21.2. The molecule has 1 aromatic heterocycles. The van der Waals surface area contributed by atoms with E-state index in [-0.39, 0.29) is 37.3 Å². The number of hydrogen-bond acceptors (Lipinski definition) is 5. The lowest BCUT2D eigenvalue weighted by atomic mass is 9.85. The lowest BCUT2D eigenvalue weighted by Crippen LogP contribution is -2.41. The third-order valence-electron chi connectivity index (χ3n) is 5.76. The lowest BCUT2D eigenvalue weighted by molar-refractivity contribution is -0.182. The highest BCUT2D eigenvalue weighted by Crippen LogP contribution is 2.37. The predicted octanol–water partition coefficient (Wildman–Crippen LogP) is 3.49. The summed E-state index contributed by atoms with van der Waals surface area (Å²) in [6.07, 6.45) is -3.80. The van der Waals surface area contributed by atoms with Gasteiger partial charge in [0, 0.05) is 26.2 Å². The summed E-state index contributed by atoms with van der Waals surface area (Å²) in [7, 11) is 1.66. The lowest BCUT2D eigenvalue weighted by Gasteiger charge is -2.32. The molecular weight excluding hydrogens is 390 g/mol. The van der Waals surface area contributed by atoms with Crippen LogP contribution in [0.4, 0.5) is 34.9 Å². The van der Waals surface area contributed by atoms with Crippen LogP contribution in [0.5, 0.6) is 0 Å². The maximum absolute atomic E-state index is 13.5. The molecule has 29 heavy (non-hydrogen) atoms. The highest BCUT2D eigenvalue weighted by Gasteiger charge is 2.41. The number of aromatic nitrogens is 1. The number of piperidine rings is 1. The Bertz CT molecular complexity index is 726. The van der Waals surface area contributed by atoms with Gasteiger partial charge in [-0.05, 0) is 44.6 Å². The summed E-state index contributed by atoms with van der Waals surface area (Å²) in [4.78, 5) is 19.2. The van der Waals surface area contributed by atoms with Crippen LogP contribution in [0.1, 0.15) is 48.9 Å². The fourth-order valence-corrected chi connectivity index (χ4v) is 4.02. The number of carbonyl (C=O) groups excluding carboxylic acids is 1. The minimum atomic E-state index is -4.19. The Morgan fingerprint density at radius 3 is 2.34 bits per heavy atom. The Kier molecular flexibility index (Phi) is 6.38. The maximum atomic E-state index is 13.5. The van der Waals surface area contributed by atoms with Crippen molar-refractivity contribution in [1.82, 2.24) is 10.3 Å². The standard InChI is InChI=1S/C19H27F4N5O/c1-25-16-15(24)10-14(17(27-16)28-8-6-12(20)7-9-28)18(29)26-13-4-2-11(3-5-13)19(21,22)23/h10-13H,2-9,24H2,1H3,(H,25,27)(H,26,29)/t11-,13-. The second-order valence-corrected chi connectivity index (χ2v) is 7.77. The van der Waals surface area contributed by atoms with Crippen LogP contribution >= 0.6 is 0 Å². The topological polar surface area (TPSA) is 83.3 Å². The van der Waals surface area contributed by atoms with Gasteiger partial charge < -0.3 is 21.3 Å². The van der Waals surface area contributed by atoms with Gasteiger partial charge in [0.15, 0.2) is 5.82 Å². The van der Waals surface area contributed by atoms with E-state index in [2.05, 4.69) is 15.6 Å². The quantitative estimate of drug-likeness (QED) is 0.654. The summed E-state index contributed by atoms with van der Waals surface area (Å²) in [6, 6.07) is 1.20. The first kappa shape index (κ1) is 21.4. The molecule has 162 valence electrons. The molecule has 0 radical (unpaired) electrons. The van der Waals surface area contributed by atoms with Gasteiger partial charge in [-0.15, -0.1) is 0 Å². The third kappa shape index (κ3) is 5.02. The van der Waals surface area contributed by atoms with Crippen LogP contribution in [0.2, 0.25) is 0 Å². The molecule has 4 N–H and O–H groups in total. The van der Waals surface area contributed by atoms with Crippen LogP contribution in [0, 0.1) is 5.92 Å². The molecule has 1 saturated carbocycles. The minimum absolute atomic E-state index is 0.00436. The number of nitrogens with zero attached hydrogens (tertiary/aromatic N) is 2. The van der Waals surface area contributed by atoms with Crippen molar-refractivity contribution < 1.29 is 22.4 Å². The maximum Gasteiger partial charge on any atom is 0.391 e. The Balaban J connectivity index is 1.75. The first-order valence-electron chi connectivity index (χ1n) is 9.94. The molecule has 1 saturated heterocycles. The Hall–Kier alpha value is -2.26. The molecule has 1 amide bonds. The molecule has 10 heteroatoms. The van der Waals surface area contributed by atoms with E-state index in [0.717, 1.165) is 0 Å². The van der Waals surface area contributed by atoms with E-state index in [0.29, 0.717) is 43.3 Å². The van der Waals surface area contributed by atoms with Gasteiger partial charge in [0.1, 0.15) is 12.0 Å². The van der Waals surface area contributed by atoms with E-state index >= 15 is 0 Å². The van der Waals surface area contributed by atoms with Crippen molar-refractivity contribution in [3.05, 3.63) is 11.6 Å². The zero-order valence-corrected chi connectivity index (χ0v) is 16.4. The Morgan fingerprint density at radius 1 is 1.17 bits per heavy atom. The van der Waals surface area contributed by atoms with Crippen molar-refractivity contribution in [2.24, 2.45) is 5.92 Å². The molecule has 0 atom stereocenters. The van der Waals surface area contributed by atoms with Crippen molar-refractivity contribution in [3.8, 4) is 0 Å². The molecule has 0 unspecified atom stereocenters. The minimum Gasteiger partial charge on any atom is -0.396 e. The molecule has 0 bridgehead atoms. The number of amides is 1. The van der Waals surface area contributed by atoms with Crippen LogP contribution in [0.3, 0.4) is 0 Å². The summed E-state index contributed by atoms with van der Waals surface area (Å²) in [5, 5.41) is 5.71. The number of pyridine rings is 1. The second kappa shape index (κ2) is 8.62. The molecule has 1 aromatic rings. The molecule has 3 rings (SSSR count). The third-order valence-corrected chi connectivity index (χ3v) is 5.76. The average molecular weight is 417 g/mol. The fraction of sp³-hybridized carbons (Fsp3) is 0.684. The molecule has 1 aliphatic carbocycles. The van der Waals surface area contributed by atoms with E-state index in [1.807, 2.05) is 4.90 Å². The number of nitrogen functional groups attached to an aromatic ring is 1. The van der Waals surface area contributed by atoms with Crippen LogP contribution in [0.15, 0.2) is 6.07 Å². The van der Waals surface area contributed by atoms with Crippen LogP contribution in [0.25, 0.3) is 0 Å². The zero-order valence-electron chi connectivity index (χ0n) is 16.4. The van der Waals surface area contributed by atoms with Gasteiger partial charge in [-0.25, -0.2) is 9.37 Å². The van der Waals surface area contributed by atoms with Crippen LogP contribution in [-0.4, -0.2) is 49.4 Å². The van der Waals surface area contributed by atoms with E-state index in [1.165, 1.54) is 6.07 Å². The number of alkyl halides is 4. The van der Waals surface area contributed by atoms with E-state index in [4.69, 9.17) is 5.73 Å². The summed E-state index contributed by atoms with van der Waals surface area (Å²) >= 11 is 0. The average Bonchev–Trinajstić information content (AvgIpc) is 2.68. The summed E-state index contributed by atoms with van der Waals surface area (Å²) in [6.45, 7) is 0.858. The largest absolute Gasteiger partial charge is 0.396 e. The highest BCUT2D eigenvalue weighted by molar-refractivity contribution is 6.00. The molecule has 2 heterocycles. The van der Waals surface area contributed by atoms with Gasteiger partial charge in [0.05, 0.1) is 17.2 Å². The summed E-state index contributed by atoms with van der Waals surface area (Å²) in [5.74, 6) is -0.887. The molecule has 1 aliphatic heterocycles. The van der Waals surface area contributed by atoms with Crippen molar-refractivity contribution in [2.75, 3.05) is 36.1 Å². The van der Waals surface area contributed by atoms with Gasteiger partial charge >= 0.3 is 6.18 Å². The number of halogens is 4. The van der Waals surface area contributed by atoms with E-state index in [1.54, 1.807) is 7.05 Å². The monoisotopic (exact) mass is 417 g/mol. The van der Waals surface area contributed by atoms with E-state index in [9.17, 15) is 22.4 Å². The van der Waals surface area contributed by atoms with Crippen molar-refractivity contribution in [2.45, 2.75) is 56.9 Å². The van der Waals surface area contributed by atoms with E-state index < -0.39 is 24.2 Å². The number of carbonyl (C=O) groups is 1. The predicted molar refractivity (Wildman–Crippen MR) is 104 cm³/mol. The van der Waals surface area contributed by atoms with Gasteiger partial charge in [-0.3, -0.25) is 4.79 Å².